The van der Waals surface area contributed by atoms with E-state index in [1.807, 2.05) is 20.8 Å². The summed E-state index contributed by atoms with van der Waals surface area (Å²) in [5, 5.41) is 2.75. The number of ether oxygens (including phenoxy) is 1. The van der Waals surface area contributed by atoms with Crippen LogP contribution in [-0.4, -0.2) is 24.3 Å². The predicted octanol–water partition coefficient (Wildman–Crippen LogP) is 1.49. The standard InChI is InChI=1S/C11H22N2O2/c1-10(2,3)15-9(14)13-6-7-8(12)11(7,4)5/h7-8H,6,12H2,1-5H3,(H,13,14). The Morgan fingerprint density at radius 2 is 1.93 bits per heavy atom. The molecule has 2 unspecified atom stereocenters. The normalized spacial score (nSPS) is 28.4. The van der Waals surface area contributed by atoms with Gasteiger partial charge in [-0.3, -0.25) is 0 Å². The van der Waals surface area contributed by atoms with E-state index in [1.165, 1.54) is 0 Å². The van der Waals surface area contributed by atoms with Crippen molar-refractivity contribution in [3.8, 4) is 0 Å². The molecule has 1 saturated carbocycles. The minimum Gasteiger partial charge on any atom is -0.444 e. The molecule has 15 heavy (non-hydrogen) atoms. The van der Waals surface area contributed by atoms with Gasteiger partial charge in [-0.25, -0.2) is 4.79 Å². The number of hydrogen-bond donors (Lipinski definition) is 2. The minimum atomic E-state index is -0.439. The van der Waals surface area contributed by atoms with Crippen LogP contribution in [0, 0.1) is 11.3 Å². The van der Waals surface area contributed by atoms with Gasteiger partial charge in [-0.05, 0) is 32.1 Å². The Morgan fingerprint density at radius 3 is 2.27 bits per heavy atom. The van der Waals surface area contributed by atoms with Crippen LogP contribution in [0.4, 0.5) is 4.79 Å². The molecule has 0 heterocycles. The van der Waals surface area contributed by atoms with Crippen molar-refractivity contribution in [3.05, 3.63) is 0 Å². The van der Waals surface area contributed by atoms with Gasteiger partial charge in [0.05, 0.1) is 0 Å². The number of carbonyl (C=O) groups is 1. The van der Waals surface area contributed by atoms with Crippen LogP contribution in [0.3, 0.4) is 0 Å². The lowest BCUT2D eigenvalue weighted by Crippen LogP contribution is -2.34. The molecular weight excluding hydrogens is 192 g/mol. The predicted molar refractivity (Wildman–Crippen MR) is 59.5 cm³/mol. The zero-order valence-electron chi connectivity index (χ0n) is 10.3. The molecule has 0 aromatic rings. The fourth-order valence-electron chi connectivity index (χ4n) is 1.68. The lowest BCUT2D eigenvalue weighted by molar-refractivity contribution is 0.0523. The average molecular weight is 214 g/mol. The number of alkyl carbamates (subject to hydrolysis) is 1. The van der Waals surface area contributed by atoms with Crippen LogP contribution < -0.4 is 11.1 Å². The number of nitrogens with one attached hydrogen (secondary N) is 1. The molecule has 0 aromatic carbocycles. The van der Waals surface area contributed by atoms with Crippen molar-refractivity contribution >= 4 is 6.09 Å². The highest BCUT2D eigenvalue weighted by molar-refractivity contribution is 5.67. The number of nitrogens with two attached hydrogens (primary N) is 1. The Bertz CT molecular complexity index is 256. The van der Waals surface area contributed by atoms with Crippen LogP contribution >= 0.6 is 0 Å². The third kappa shape index (κ3) is 3.09. The molecule has 0 bridgehead atoms. The third-order valence-corrected chi connectivity index (χ3v) is 3.00. The molecular formula is C11H22N2O2. The van der Waals surface area contributed by atoms with E-state index in [2.05, 4.69) is 19.2 Å². The van der Waals surface area contributed by atoms with Gasteiger partial charge in [-0.1, -0.05) is 13.8 Å². The second kappa shape index (κ2) is 3.67. The quantitative estimate of drug-likeness (QED) is 0.732. The first-order valence-electron chi connectivity index (χ1n) is 5.37. The van der Waals surface area contributed by atoms with E-state index < -0.39 is 5.60 Å². The molecule has 4 heteroatoms. The van der Waals surface area contributed by atoms with Gasteiger partial charge in [0.1, 0.15) is 5.60 Å². The second-order valence-corrected chi connectivity index (χ2v) is 5.84. The molecule has 0 radical (unpaired) electrons. The Balaban J connectivity index is 2.25. The molecule has 0 spiro atoms. The van der Waals surface area contributed by atoms with E-state index >= 15 is 0 Å². The molecule has 1 rings (SSSR count). The zero-order valence-corrected chi connectivity index (χ0v) is 10.3. The SMILES string of the molecule is CC(C)(C)OC(=O)NCC1C(N)C1(C)C. The lowest BCUT2D eigenvalue weighted by Gasteiger charge is -2.19. The van der Waals surface area contributed by atoms with E-state index in [4.69, 9.17) is 10.5 Å². The topological polar surface area (TPSA) is 64.3 Å². The van der Waals surface area contributed by atoms with Crippen LogP contribution in [-0.2, 0) is 4.74 Å². The van der Waals surface area contributed by atoms with Gasteiger partial charge in [0.15, 0.2) is 0 Å². The summed E-state index contributed by atoms with van der Waals surface area (Å²) in [4.78, 5) is 11.3. The first kappa shape index (κ1) is 12.3. The number of hydrogen-bond acceptors (Lipinski definition) is 3. The largest absolute Gasteiger partial charge is 0.444 e. The first-order valence-corrected chi connectivity index (χ1v) is 5.37. The van der Waals surface area contributed by atoms with Crippen molar-refractivity contribution in [2.45, 2.75) is 46.3 Å². The molecule has 0 aromatic heterocycles. The zero-order chi connectivity index (χ0) is 11.9. The van der Waals surface area contributed by atoms with E-state index in [1.54, 1.807) is 0 Å². The molecule has 88 valence electrons. The van der Waals surface area contributed by atoms with Crippen molar-refractivity contribution in [1.82, 2.24) is 5.32 Å². The summed E-state index contributed by atoms with van der Waals surface area (Å²) in [6, 6.07) is 0.187. The van der Waals surface area contributed by atoms with E-state index in [9.17, 15) is 4.79 Å². The number of amides is 1. The van der Waals surface area contributed by atoms with Gasteiger partial charge in [0.25, 0.3) is 0 Å². The Labute approximate surface area is 91.5 Å². The molecule has 3 N–H and O–H groups in total. The molecule has 1 aliphatic carbocycles. The fraction of sp³-hybridized carbons (Fsp3) is 0.909. The summed E-state index contributed by atoms with van der Waals surface area (Å²) in [5.41, 5.74) is 5.57. The maximum absolute atomic E-state index is 11.3. The van der Waals surface area contributed by atoms with Crippen molar-refractivity contribution in [3.63, 3.8) is 0 Å². The Hall–Kier alpha value is -0.770. The lowest BCUT2D eigenvalue weighted by atomic mass is 10.1. The van der Waals surface area contributed by atoms with Crippen molar-refractivity contribution in [1.29, 1.82) is 0 Å². The molecule has 1 amide bonds. The van der Waals surface area contributed by atoms with E-state index in [-0.39, 0.29) is 17.6 Å². The van der Waals surface area contributed by atoms with Crippen LogP contribution in [0.25, 0.3) is 0 Å². The van der Waals surface area contributed by atoms with Crippen LogP contribution in [0.5, 0.6) is 0 Å². The highest BCUT2D eigenvalue weighted by atomic mass is 16.6. The fourth-order valence-corrected chi connectivity index (χ4v) is 1.68. The third-order valence-electron chi connectivity index (χ3n) is 3.00. The summed E-state index contributed by atoms with van der Waals surface area (Å²) in [7, 11) is 0. The van der Waals surface area contributed by atoms with Gasteiger partial charge in [-0.15, -0.1) is 0 Å². The molecule has 1 aliphatic rings. The van der Waals surface area contributed by atoms with Gasteiger partial charge in [-0.2, -0.15) is 0 Å². The van der Waals surface area contributed by atoms with Gasteiger partial charge in [0, 0.05) is 12.6 Å². The molecule has 4 nitrogen and oxygen atoms in total. The number of carbonyl (C=O) groups excluding carboxylic acids is 1. The Morgan fingerprint density at radius 1 is 1.47 bits per heavy atom. The molecule has 0 saturated heterocycles. The van der Waals surface area contributed by atoms with E-state index in [0.717, 1.165) is 0 Å². The van der Waals surface area contributed by atoms with Crippen molar-refractivity contribution in [2.75, 3.05) is 6.54 Å². The van der Waals surface area contributed by atoms with E-state index in [0.29, 0.717) is 12.5 Å². The van der Waals surface area contributed by atoms with Crippen LogP contribution in [0.15, 0.2) is 0 Å². The van der Waals surface area contributed by atoms with Crippen molar-refractivity contribution < 1.29 is 9.53 Å². The minimum absolute atomic E-state index is 0.148. The molecule has 2 atom stereocenters. The van der Waals surface area contributed by atoms with Gasteiger partial charge >= 0.3 is 6.09 Å². The second-order valence-electron chi connectivity index (χ2n) is 5.84. The average Bonchev–Trinajstić information content (AvgIpc) is 2.45. The van der Waals surface area contributed by atoms with Gasteiger partial charge < -0.3 is 15.8 Å². The first-order chi connectivity index (χ1) is 6.64. The molecule has 1 fully saturated rings. The highest BCUT2D eigenvalue weighted by Gasteiger charge is 2.55. The summed E-state index contributed by atoms with van der Waals surface area (Å²) in [6.07, 6.45) is -0.364. The van der Waals surface area contributed by atoms with Crippen LogP contribution in [0.1, 0.15) is 34.6 Å². The highest BCUT2D eigenvalue weighted by Crippen LogP contribution is 2.49. The van der Waals surface area contributed by atoms with Crippen LogP contribution in [0.2, 0.25) is 0 Å². The smallest absolute Gasteiger partial charge is 0.407 e. The summed E-state index contributed by atoms with van der Waals surface area (Å²) in [5.74, 6) is 0.366. The summed E-state index contributed by atoms with van der Waals surface area (Å²) >= 11 is 0. The van der Waals surface area contributed by atoms with Gasteiger partial charge in [0.2, 0.25) is 0 Å². The maximum Gasteiger partial charge on any atom is 0.407 e. The Kier molecular flexibility index (Phi) is 3.01. The number of rotatable bonds is 2. The maximum atomic E-state index is 11.3. The molecule has 0 aliphatic heterocycles. The summed E-state index contributed by atoms with van der Waals surface area (Å²) < 4.78 is 5.13. The monoisotopic (exact) mass is 214 g/mol. The van der Waals surface area contributed by atoms with Crippen molar-refractivity contribution in [2.24, 2.45) is 17.1 Å². The summed E-state index contributed by atoms with van der Waals surface area (Å²) in [6.45, 7) is 10.4.